The average Bonchev–Trinajstić information content (AvgIpc) is 2.74. The van der Waals surface area contributed by atoms with E-state index in [2.05, 4.69) is 9.64 Å². The molecule has 2 bridgehead atoms. The van der Waals surface area contributed by atoms with E-state index in [1.807, 2.05) is 10.6 Å². The Morgan fingerprint density at radius 3 is 2.42 bits per heavy atom. The minimum atomic E-state index is -4.72. The van der Waals surface area contributed by atoms with Gasteiger partial charge in [0, 0.05) is 62.1 Å². The summed E-state index contributed by atoms with van der Waals surface area (Å²) in [7, 11) is 0. The second-order valence-electron chi connectivity index (χ2n) is 8.75. The SMILES string of the molecule is O=c1ccc(-c2ccc(OC(F)(F)F)cc2)c2n1CC1CC2CN(C2CCOCC2)C1. The molecule has 31 heavy (non-hydrogen) atoms. The number of rotatable bonds is 3. The summed E-state index contributed by atoms with van der Waals surface area (Å²) in [5.41, 5.74) is 2.70. The normalized spacial score (nSPS) is 24.6. The van der Waals surface area contributed by atoms with Gasteiger partial charge in [0.2, 0.25) is 0 Å². The molecule has 2 fully saturated rings. The van der Waals surface area contributed by atoms with Crippen LogP contribution < -0.4 is 10.3 Å². The lowest BCUT2D eigenvalue weighted by molar-refractivity contribution is -0.274. The molecule has 8 heteroatoms. The van der Waals surface area contributed by atoms with Crippen molar-refractivity contribution in [1.82, 2.24) is 9.47 Å². The lowest BCUT2D eigenvalue weighted by atomic mass is 9.79. The topological polar surface area (TPSA) is 43.7 Å². The zero-order valence-electron chi connectivity index (χ0n) is 17.1. The van der Waals surface area contributed by atoms with E-state index in [4.69, 9.17) is 4.74 Å². The first-order valence-electron chi connectivity index (χ1n) is 10.8. The van der Waals surface area contributed by atoms with Crippen molar-refractivity contribution < 1.29 is 22.6 Å². The van der Waals surface area contributed by atoms with E-state index in [1.54, 1.807) is 18.2 Å². The number of hydrogen-bond donors (Lipinski definition) is 0. The summed E-state index contributed by atoms with van der Waals surface area (Å²) in [6.07, 6.45) is -1.61. The number of aromatic nitrogens is 1. The van der Waals surface area contributed by atoms with Crippen molar-refractivity contribution in [2.24, 2.45) is 5.92 Å². The highest BCUT2D eigenvalue weighted by Gasteiger charge is 2.38. The van der Waals surface area contributed by atoms with Gasteiger partial charge in [-0.05, 0) is 48.9 Å². The third kappa shape index (κ3) is 4.23. The van der Waals surface area contributed by atoms with Crippen LogP contribution in [0.15, 0.2) is 41.2 Å². The molecule has 4 heterocycles. The molecule has 0 spiro atoms. The van der Waals surface area contributed by atoms with Crippen molar-refractivity contribution in [3.63, 3.8) is 0 Å². The van der Waals surface area contributed by atoms with E-state index in [1.165, 1.54) is 12.1 Å². The second-order valence-corrected chi connectivity index (χ2v) is 8.75. The first-order valence-corrected chi connectivity index (χ1v) is 10.8. The molecule has 1 aromatic heterocycles. The fraction of sp³-hybridized carbons (Fsp3) is 0.522. The average molecular weight is 434 g/mol. The molecular formula is C23H25F3N2O3. The molecule has 0 saturated carbocycles. The summed E-state index contributed by atoms with van der Waals surface area (Å²) < 4.78 is 48.9. The third-order valence-corrected chi connectivity index (χ3v) is 6.72. The van der Waals surface area contributed by atoms with E-state index >= 15 is 0 Å². The zero-order valence-corrected chi connectivity index (χ0v) is 17.1. The lowest BCUT2D eigenvalue weighted by Gasteiger charge is -2.47. The van der Waals surface area contributed by atoms with Gasteiger partial charge in [-0.2, -0.15) is 0 Å². The maximum absolute atomic E-state index is 12.7. The van der Waals surface area contributed by atoms with E-state index in [-0.39, 0.29) is 17.2 Å². The Balaban J connectivity index is 1.47. The van der Waals surface area contributed by atoms with Crippen LogP contribution in [-0.2, 0) is 11.3 Å². The third-order valence-electron chi connectivity index (χ3n) is 6.72. The summed E-state index contributed by atoms with van der Waals surface area (Å²) in [5, 5.41) is 0. The van der Waals surface area contributed by atoms with Crippen LogP contribution in [0.4, 0.5) is 13.2 Å². The van der Waals surface area contributed by atoms with Crippen LogP contribution in [0.3, 0.4) is 0 Å². The van der Waals surface area contributed by atoms with Gasteiger partial charge < -0.3 is 14.0 Å². The number of benzene rings is 1. The van der Waals surface area contributed by atoms with Gasteiger partial charge in [-0.15, -0.1) is 13.2 Å². The predicted molar refractivity (Wildman–Crippen MR) is 109 cm³/mol. The Morgan fingerprint density at radius 1 is 0.968 bits per heavy atom. The smallest absolute Gasteiger partial charge is 0.406 e. The molecule has 2 atom stereocenters. The highest BCUT2D eigenvalue weighted by Crippen LogP contribution is 2.41. The van der Waals surface area contributed by atoms with Crippen molar-refractivity contribution in [3.05, 3.63) is 52.4 Å². The largest absolute Gasteiger partial charge is 0.573 e. The van der Waals surface area contributed by atoms with Gasteiger partial charge in [-0.25, -0.2) is 0 Å². The number of likely N-dealkylation sites (tertiary alicyclic amines) is 1. The first-order chi connectivity index (χ1) is 14.9. The minimum Gasteiger partial charge on any atom is -0.406 e. The maximum Gasteiger partial charge on any atom is 0.573 e. The molecule has 5 rings (SSSR count). The molecule has 3 aliphatic heterocycles. The highest BCUT2D eigenvalue weighted by molar-refractivity contribution is 5.67. The number of nitrogens with zero attached hydrogens (tertiary/aromatic N) is 2. The summed E-state index contributed by atoms with van der Waals surface area (Å²) in [6.45, 7) is 4.18. The van der Waals surface area contributed by atoms with Crippen LogP contribution in [0.25, 0.3) is 11.1 Å². The quantitative estimate of drug-likeness (QED) is 0.732. The standard InChI is InChI=1S/C23H25F3N2O3/c24-23(25,26)31-19-3-1-16(2-4-19)20-5-6-21(29)28-13-15-11-17(22(20)28)14-27(12-15)18-7-9-30-10-8-18/h1-6,15,17-18H,7-14H2. The molecule has 166 valence electrons. The molecule has 3 aliphatic rings. The van der Waals surface area contributed by atoms with Crippen molar-refractivity contribution in [3.8, 4) is 16.9 Å². The number of halogens is 3. The van der Waals surface area contributed by atoms with Crippen molar-refractivity contribution in [2.75, 3.05) is 26.3 Å². The van der Waals surface area contributed by atoms with Crippen LogP contribution in [0.5, 0.6) is 5.75 Å². The molecule has 0 amide bonds. The number of piperidine rings is 1. The van der Waals surface area contributed by atoms with Crippen molar-refractivity contribution >= 4 is 0 Å². The Morgan fingerprint density at radius 2 is 1.71 bits per heavy atom. The molecule has 0 radical (unpaired) electrons. The summed E-state index contributed by atoms with van der Waals surface area (Å²) >= 11 is 0. The molecule has 0 aliphatic carbocycles. The van der Waals surface area contributed by atoms with E-state index in [0.29, 0.717) is 18.5 Å². The van der Waals surface area contributed by atoms with Crippen LogP contribution in [0.1, 0.15) is 30.9 Å². The van der Waals surface area contributed by atoms with E-state index < -0.39 is 6.36 Å². The first kappa shape index (κ1) is 20.6. The highest BCUT2D eigenvalue weighted by atomic mass is 19.4. The molecule has 1 aromatic carbocycles. The molecule has 0 N–H and O–H groups in total. The number of pyridine rings is 1. The van der Waals surface area contributed by atoms with Crippen LogP contribution in [-0.4, -0.2) is 48.2 Å². The fourth-order valence-electron chi connectivity index (χ4n) is 5.48. The van der Waals surface area contributed by atoms with Crippen LogP contribution in [0.2, 0.25) is 0 Å². The molecule has 2 aromatic rings. The van der Waals surface area contributed by atoms with Crippen molar-refractivity contribution in [2.45, 2.75) is 44.1 Å². The predicted octanol–water partition coefficient (Wildman–Crippen LogP) is 4.01. The van der Waals surface area contributed by atoms with Gasteiger partial charge in [0.15, 0.2) is 0 Å². The van der Waals surface area contributed by atoms with Gasteiger partial charge in [0.05, 0.1) is 0 Å². The Kier molecular flexibility index (Phi) is 5.30. The van der Waals surface area contributed by atoms with E-state index in [0.717, 1.165) is 62.4 Å². The fourth-order valence-corrected chi connectivity index (χ4v) is 5.48. The number of hydrogen-bond acceptors (Lipinski definition) is 4. The number of fused-ring (bicyclic) bond motifs is 4. The van der Waals surface area contributed by atoms with Crippen LogP contribution in [0, 0.1) is 5.92 Å². The molecular weight excluding hydrogens is 409 g/mol. The van der Waals surface area contributed by atoms with Crippen molar-refractivity contribution in [1.29, 1.82) is 0 Å². The second kappa shape index (κ2) is 7.98. The number of ether oxygens (including phenoxy) is 2. The van der Waals surface area contributed by atoms with Gasteiger partial charge in [-0.1, -0.05) is 12.1 Å². The summed E-state index contributed by atoms with van der Waals surface area (Å²) in [6, 6.07) is 9.80. The molecule has 2 unspecified atom stereocenters. The van der Waals surface area contributed by atoms with Gasteiger partial charge in [-0.3, -0.25) is 9.69 Å². The van der Waals surface area contributed by atoms with Gasteiger partial charge in [0.25, 0.3) is 5.56 Å². The van der Waals surface area contributed by atoms with E-state index in [9.17, 15) is 18.0 Å². The molecule has 2 saturated heterocycles. The summed E-state index contributed by atoms with van der Waals surface area (Å²) in [4.78, 5) is 15.2. The zero-order chi connectivity index (χ0) is 21.6. The lowest BCUT2D eigenvalue weighted by Crippen LogP contribution is -2.51. The maximum atomic E-state index is 12.7. The van der Waals surface area contributed by atoms with Gasteiger partial charge >= 0.3 is 6.36 Å². The Hall–Kier alpha value is -2.32. The molecule has 5 nitrogen and oxygen atoms in total. The van der Waals surface area contributed by atoms with Crippen LogP contribution >= 0.6 is 0 Å². The Labute approximate surface area is 178 Å². The van der Waals surface area contributed by atoms with Gasteiger partial charge in [0.1, 0.15) is 5.75 Å². The summed E-state index contributed by atoms with van der Waals surface area (Å²) in [5.74, 6) is 0.414. The number of alkyl halides is 3. The minimum absolute atomic E-state index is 0.00927. The monoisotopic (exact) mass is 434 g/mol. The Bertz CT molecular complexity index is 997.